The van der Waals surface area contributed by atoms with Gasteiger partial charge in [0.1, 0.15) is 11.9 Å². The number of alkyl halides is 4. The number of halogens is 4. The van der Waals surface area contributed by atoms with E-state index in [1.54, 1.807) is 12.1 Å². The van der Waals surface area contributed by atoms with Crippen molar-refractivity contribution >= 4 is 9.84 Å². The number of hydrogen-bond acceptors (Lipinski definition) is 4. The summed E-state index contributed by atoms with van der Waals surface area (Å²) in [5.74, 6) is -6.77. The molecule has 0 unspecified atom stereocenters. The maximum absolute atomic E-state index is 13.9. The first-order chi connectivity index (χ1) is 11.6. The van der Waals surface area contributed by atoms with Crippen molar-refractivity contribution < 1.29 is 35.5 Å². The zero-order chi connectivity index (χ0) is 18.4. The van der Waals surface area contributed by atoms with Crippen LogP contribution in [0.4, 0.5) is 17.6 Å². The molecule has 4 nitrogen and oxygen atoms in total. The topological polar surface area (TPSA) is 67.5 Å². The molecule has 1 heterocycles. The molecule has 0 radical (unpaired) electrons. The van der Waals surface area contributed by atoms with E-state index in [1.165, 1.54) is 12.3 Å². The van der Waals surface area contributed by atoms with E-state index in [9.17, 15) is 31.1 Å². The molecular weight excluding hydrogens is 364 g/mol. The van der Waals surface area contributed by atoms with E-state index < -0.39 is 44.5 Å². The van der Waals surface area contributed by atoms with Crippen LogP contribution in [0, 0.1) is 0 Å². The summed E-state index contributed by atoms with van der Waals surface area (Å²) in [7, 11) is -5.11. The van der Waals surface area contributed by atoms with Gasteiger partial charge in [-0.1, -0.05) is 6.07 Å². The second-order valence-electron chi connectivity index (χ2n) is 5.84. The van der Waals surface area contributed by atoms with Gasteiger partial charge in [-0.3, -0.25) is 0 Å². The van der Waals surface area contributed by atoms with Crippen molar-refractivity contribution in [2.24, 2.45) is 0 Å². The van der Waals surface area contributed by atoms with Gasteiger partial charge in [0, 0.05) is 18.4 Å². The standard InChI is InChI=1S/C16H14F4O4S/c17-15(18)25(22,23)12-6-4-9(3-5-10-2-1-7-24-10)11-8-16(19,20)14(21)13(11)12/h1-2,4,6-7,14-15,21H,3,5,8H2/t14-/m0/s1. The van der Waals surface area contributed by atoms with E-state index >= 15 is 0 Å². The third-order valence-electron chi connectivity index (χ3n) is 4.26. The molecule has 0 fully saturated rings. The molecular formula is C16H14F4O4S. The number of hydrogen-bond donors (Lipinski definition) is 1. The maximum atomic E-state index is 13.9. The van der Waals surface area contributed by atoms with Gasteiger partial charge in [0.15, 0.2) is 0 Å². The van der Waals surface area contributed by atoms with E-state index in [0.717, 1.165) is 6.07 Å². The van der Waals surface area contributed by atoms with Crippen LogP contribution < -0.4 is 0 Å². The first-order valence-corrected chi connectivity index (χ1v) is 8.94. The number of fused-ring (bicyclic) bond motifs is 1. The highest BCUT2D eigenvalue weighted by molar-refractivity contribution is 7.91. The highest BCUT2D eigenvalue weighted by atomic mass is 32.2. The van der Waals surface area contributed by atoms with Crippen LogP contribution in [0.15, 0.2) is 39.8 Å². The molecule has 2 aromatic rings. The summed E-state index contributed by atoms with van der Waals surface area (Å²) in [6.45, 7) is 0. The van der Waals surface area contributed by atoms with Crippen LogP contribution >= 0.6 is 0 Å². The lowest BCUT2D eigenvalue weighted by Crippen LogP contribution is -2.23. The van der Waals surface area contributed by atoms with Crippen LogP contribution in [-0.4, -0.2) is 25.2 Å². The van der Waals surface area contributed by atoms with Crippen LogP contribution in [0.25, 0.3) is 0 Å². The Bertz CT molecular complexity index is 876. The predicted octanol–water partition coefficient (Wildman–Crippen LogP) is 3.29. The first kappa shape index (κ1) is 17.9. The quantitative estimate of drug-likeness (QED) is 0.811. The molecule has 1 atom stereocenters. The molecule has 0 saturated heterocycles. The molecule has 1 aliphatic rings. The minimum atomic E-state index is -5.11. The molecule has 1 aliphatic carbocycles. The normalized spacial score (nSPS) is 19.4. The fourth-order valence-electron chi connectivity index (χ4n) is 3.03. The summed E-state index contributed by atoms with van der Waals surface area (Å²) in [6.07, 6.45) is -1.27. The van der Waals surface area contributed by atoms with E-state index in [1.807, 2.05) is 0 Å². The van der Waals surface area contributed by atoms with Gasteiger partial charge in [0.05, 0.1) is 11.2 Å². The molecule has 25 heavy (non-hydrogen) atoms. The number of aryl methyl sites for hydroxylation is 2. The van der Waals surface area contributed by atoms with Gasteiger partial charge in [-0.15, -0.1) is 0 Å². The highest BCUT2D eigenvalue weighted by Gasteiger charge is 2.50. The Morgan fingerprint density at radius 3 is 2.56 bits per heavy atom. The van der Waals surface area contributed by atoms with Crippen molar-refractivity contribution in [3.05, 3.63) is 53.0 Å². The van der Waals surface area contributed by atoms with Gasteiger partial charge in [0.2, 0.25) is 9.84 Å². The summed E-state index contributed by atoms with van der Waals surface area (Å²) in [6, 6.07) is 5.46. The zero-order valence-electron chi connectivity index (χ0n) is 12.8. The van der Waals surface area contributed by atoms with Gasteiger partial charge < -0.3 is 9.52 Å². The number of sulfone groups is 1. The van der Waals surface area contributed by atoms with Gasteiger partial charge in [-0.2, -0.15) is 8.78 Å². The molecule has 0 aliphatic heterocycles. The van der Waals surface area contributed by atoms with Crippen LogP contribution in [0.5, 0.6) is 0 Å². The van der Waals surface area contributed by atoms with Gasteiger partial charge in [-0.05, 0) is 35.7 Å². The molecule has 136 valence electrons. The Labute approximate surface area is 141 Å². The summed E-state index contributed by atoms with van der Waals surface area (Å²) in [4.78, 5) is -0.941. The Kier molecular flexibility index (Phi) is 4.40. The van der Waals surface area contributed by atoms with E-state index in [-0.39, 0.29) is 12.0 Å². The minimum absolute atomic E-state index is 0.0919. The number of aliphatic hydroxyl groups excluding tert-OH is 1. The van der Waals surface area contributed by atoms with Crippen molar-refractivity contribution in [1.29, 1.82) is 0 Å². The first-order valence-electron chi connectivity index (χ1n) is 7.39. The number of rotatable bonds is 5. The zero-order valence-corrected chi connectivity index (χ0v) is 13.6. The molecule has 0 bridgehead atoms. The second kappa shape index (κ2) is 6.14. The van der Waals surface area contributed by atoms with Crippen LogP contribution in [0.3, 0.4) is 0 Å². The molecule has 3 rings (SSSR count). The Morgan fingerprint density at radius 1 is 1.24 bits per heavy atom. The van der Waals surface area contributed by atoms with Crippen LogP contribution in [0.1, 0.15) is 28.6 Å². The molecule has 0 amide bonds. The summed E-state index contributed by atoms with van der Waals surface area (Å²) >= 11 is 0. The molecule has 0 saturated carbocycles. The van der Waals surface area contributed by atoms with Crippen molar-refractivity contribution in [3.63, 3.8) is 0 Å². The Balaban J connectivity index is 2.07. The number of benzene rings is 1. The Morgan fingerprint density at radius 2 is 1.96 bits per heavy atom. The number of furan rings is 1. The smallest absolute Gasteiger partial charge is 0.341 e. The fraction of sp³-hybridized carbons (Fsp3) is 0.375. The molecule has 9 heteroatoms. The van der Waals surface area contributed by atoms with Crippen molar-refractivity contribution in [2.75, 3.05) is 0 Å². The molecule has 1 aromatic heterocycles. The third kappa shape index (κ3) is 3.06. The summed E-state index contributed by atoms with van der Waals surface area (Å²) in [5, 5.41) is 9.83. The van der Waals surface area contributed by atoms with Crippen molar-refractivity contribution in [3.8, 4) is 0 Å². The maximum Gasteiger partial charge on any atom is 0.341 e. The largest absolute Gasteiger partial charge is 0.469 e. The van der Waals surface area contributed by atoms with Crippen molar-refractivity contribution in [2.45, 2.75) is 41.9 Å². The summed E-state index contributed by atoms with van der Waals surface area (Å²) < 4.78 is 82.3. The van der Waals surface area contributed by atoms with E-state index in [0.29, 0.717) is 17.7 Å². The van der Waals surface area contributed by atoms with Crippen LogP contribution in [-0.2, 0) is 29.1 Å². The lowest BCUT2D eigenvalue weighted by Gasteiger charge is -2.16. The van der Waals surface area contributed by atoms with Gasteiger partial charge >= 0.3 is 5.76 Å². The fourth-order valence-corrected chi connectivity index (χ4v) is 4.02. The molecule has 1 N–H and O–H groups in total. The predicted molar refractivity (Wildman–Crippen MR) is 79.4 cm³/mol. The van der Waals surface area contributed by atoms with E-state index in [2.05, 4.69) is 0 Å². The number of aliphatic hydroxyl groups is 1. The van der Waals surface area contributed by atoms with Gasteiger partial charge in [-0.25, -0.2) is 17.2 Å². The summed E-state index contributed by atoms with van der Waals surface area (Å²) in [5.41, 5.74) is -0.344. The minimum Gasteiger partial charge on any atom is -0.469 e. The lowest BCUT2D eigenvalue weighted by molar-refractivity contribution is -0.0976. The lowest BCUT2D eigenvalue weighted by atomic mass is 9.98. The highest BCUT2D eigenvalue weighted by Crippen LogP contribution is 2.47. The SMILES string of the molecule is O=S(=O)(c1ccc(CCc2ccco2)c2c1[C@H](O)C(F)(F)C2)C(F)F. The van der Waals surface area contributed by atoms with Crippen LogP contribution in [0.2, 0.25) is 0 Å². The second-order valence-corrected chi connectivity index (χ2v) is 7.73. The molecule has 1 aromatic carbocycles. The Hall–Kier alpha value is -1.87. The van der Waals surface area contributed by atoms with Crippen molar-refractivity contribution in [1.82, 2.24) is 0 Å². The average molecular weight is 378 g/mol. The van der Waals surface area contributed by atoms with E-state index in [4.69, 9.17) is 4.42 Å². The third-order valence-corrected chi connectivity index (χ3v) is 5.70. The molecule has 0 spiro atoms. The van der Waals surface area contributed by atoms with Gasteiger partial charge in [0.25, 0.3) is 5.92 Å². The average Bonchev–Trinajstić information content (AvgIpc) is 3.12. The monoisotopic (exact) mass is 378 g/mol.